The van der Waals surface area contributed by atoms with Gasteiger partial charge in [0.05, 0.1) is 35.9 Å². The monoisotopic (exact) mass is 1120 g/mol. The van der Waals surface area contributed by atoms with E-state index in [9.17, 15) is 18.3 Å². The van der Waals surface area contributed by atoms with Crippen LogP contribution in [0.3, 0.4) is 0 Å². The van der Waals surface area contributed by atoms with Crippen LogP contribution in [0, 0.1) is 24.2 Å². The Kier molecular flexibility index (Phi) is 18.8. The third-order valence-electron chi connectivity index (χ3n) is 16.0. The van der Waals surface area contributed by atoms with Gasteiger partial charge in [-0.1, -0.05) is 72.4 Å². The average Bonchev–Trinajstić information content (AvgIpc) is 4.12. The number of hydrogen-bond donors (Lipinski definition) is 4. The first-order valence-electron chi connectivity index (χ1n) is 26.5. The summed E-state index contributed by atoms with van der Waals surface area (Å²) in [6, 6.07) is 12.2. The number of rotatable bonds is 15. The Morgan fingerprint density at radius 3 is 1.88 bits per heavy atom. The first kappa shape index (κ1) is 57.1. The van der Waals surface area contributed by atoms with Gasteiger partial charge in [-0.25, -0.2) is 24.6 Å². The molecular formula is C54H72Cl4F3N13O. The lowest BCUT2D eigenvalue weighted by Crippen LogP contribution is -2.52. The smallest absolute Gasteiger partial charge is 0.384 e. The summed E-state index contributed by atoms with van der Waals surface area (Å²) in [5.74, 6) is 3.04. The summed E-state index contributed by atoms with van der Waals surface area (Å²) in [6.45, 7) is 18.5. The molecule has 75 heavy (non-hydrogen) atoms. The van der Waals surface area contributed by atoms with Crippen molar-refractivity contribution in [3.8, 4) is 0 Å². The molecule has 3 aromatic heterocycles. The van der Waals surface area contributed by atoms with Crippen LogP contribution in [0.1, 0.15) is 127 Å². The van der Waals surface area contributed by atoms with Crippen molar-refractivity contribution in [1.82, 2.24) is 39.5 Å². The van der Waals surface area contributed by atoms with Crippen LogP contribution < -0.4 is 20.9 Å². The number of anilines is 3. The molecule has 0 spiro atoms. The number of aromatic nitrogens is 6. The quantitative estimate of drug-likeness (QED) is 0.0735. The van der Waals surface area contributed by atoms with Gasteiger partial charge in [-0.05, 0) is 152 Å². The molecule has 0 bridgehead atoms. The standard InChI is InChI=1S/C28H35Cl2F3N6O.C26H37Cl2N7/c1-16-15-37(12-10-23(16)38-11-4-5-20(38)7-9-24(40)28(31,32)33)25-14-34-26-17(2)36-39(27(26)35-25)18(3)21-8-6-19(29)13-22(21)30;1-16-15-34(12-9-23(16)35-11-4-5-20(35)8-10-29)24-14-31-25(17(2)30)26(33-24)32-18(3)21-7-6-19(27)13-22(21)28/h6,8,13-14,16,18,20,23-24,40H,4-5,7,9-12,15H2,1-3H3;6-7,13-14,16,18,20,23,30H,4-5,8-12,15,29H2,1-3H3,(H,32,33). The van der Waals surface area contributed by atoms with E-state index in [2.05, 4.69) is 43.7 Å². The summed E-state index contributed by atoms with van der Waals surface area (Å²) in [7, 11) is 0. The summed E-state index contributed by atoms with van der Waals surface area (Å²) >= 11 is 25.1. The van der Waals surface area contributed by atoms with Gasteiger partial charge in [0.25, 0.3) is 0 Å². The first-order valence-corrected chi connectivity index (χ1v) is 28.0. The van der Waals surface area contributed by atoms with Gasteiger partial charge in [-0.3, -0.25) is 9.80 Å². The van der Waals surface area contributed by atoms with E-state index in [-0.39, 0.29) is 36.5 Å². The van der Waals surface area contributed by atoms with E-state index in [0.29, 0.717) is 67.4 Å². The van der Waals surface area contributed by atoms with Crippen LogP contribution >= 0.6 is 46.4 Å². The number of likely N-dealkylation sites (tertiary alicyclic amines) is 2. The Morgan fingerprint density at radius 2 is 1.35 bits per heavy atom. The predicted molar refractivity (Wildman–Crippen MR) is 297 cm³/mol. The molecule has 14 nitrogen and oxygen atoms in total. The number of aryl methyl sites for hydroxylation is 1. The Morgan fingerprint density at radius 1 is 0.800 bits per heavy atom. The summed E-state index contributed by atoms with van der Waals surface area (Å²) in [6.07, 6.45) is 4.37. The molecular weight excluding hydrogens is 1050 g/mol. The second kappa shape index (κ2) is 24.7. The third kappa shape index (κ3) is 13.3. The number of fused-ring (bicyclic) bond motifs is 1. The van der Waals surface area contributed by atoms with Gasteiger partial charge in [0.2, 0.25) is 0 Å². The molecule has 21 heteroatoms. The van der Waals surface area contributed by atoms with E-state index in [1.807, 2.05) is 49.7 Å². The Bertz CT molecular complexity index is 2770. The number of benzene rings is 2. The molecule has 408 valence electrons. The fourth-order valence-electron chi connectivity index (χ4n) is 12.1. The minimum atomic E-state index is -4.56. The molecule has 9 unspecified atom stereocenters. The molecule has 9 atom stereocenters. The third-order valence-corrected chi connectivity index (χ3v) is 17.1. The van der Waals surface area contributed by atoms with E-state index in [4.69, 9.17) is 77.6 Å². The van der Waals surface area contributed by atoms with Gasteiger partial charge in [0.1, 0.15) is 29.0 Å². The van der Waals surface area contributed by atoms with Crippen molar-refractivity contribution in [2.24, 2.45) is 17.6 Å². The average molecular weight is 1120 g/mol. The molecule has 5 aromatic rings. The highest BCUT2D eigenvalue weighted by Gasteiger charge is 2.42. The number of nitrogens with one attached hydrogen (secondary N) is 2. The van der Waals surface area contributed by atoms with E-state index in [1.54, 1.807) is 31.5 Å². The molecule has 0 saturated carbocycles. The van der Waals surface area contributed by atoms with Crippen molar-refractivity contribution in [1.29, 1.82) is 5.41 Å². The number of nitrogens with two attached hydrogens (primary N) is 1. The Balaban J connectivity index is 0.000000201. The van der Waals surface area contributed by atoms with Crippen molar-refractivity contribution in [3.05, 3.63) is 91.4 Å². The zero-order valence-electron chi connectivity index (χ0n) is 43.8. The predicted octanol–water partition coefficient (Wildman–Crippen LogP) is 11.8. The van der Waals surface area contributed by atoms with Gasteiger partial charge in [-0.2, -0.15) is 18.3 Å². The SMILES string of the molecule is CC(=N)c1ncc(N2CCC(N3CCCC3CCN)C(C)C2)nc1NC(C)c1ccc(Cl)cc1Cl.Cc1nn(C(C)c2ccc(Cl)cc2Cl)c2nc(N3CCC(N4CCCC4CCC(O)C(F)(F)F)C(C)C3)cnc12. The van der Waals surface area contributed by atoms with Gasteiger partial charge >= 0.3 is 6.18 Å². The molecule has 4 saturated heterocycles. The van der Waals surface area contributed by atoms with Crippen LogP contribution in [0.15, 0.2) is 48.8 Å². The molecule has 9 rings (SSSR count). The van der Waals surface area contributed by atoms with Crippen molar-refractivity contribution in [3.63, 3.8) is 0 Å². The maximum absolute atomic E-state index is 12.8. The number of alkyl halides is 3. The van der Waals surface area contributed by atoms with Crippen molar-refractivity contribution < 1.29 is 18.3 Å². The fourth-order valence-corrected chi connectivity index (χ4v) is 13.2. The molecule has 0 amide bonds. The topological polar surface area (TPSA) is 164 Å². The lowest BCUT2D eigenvalue weighted by atomic mass is 9.91. The zero-order valence-corrected chi connectivity index (χ0v) is 46.8. The molecule has 2 aromatic carbocycles. The number of nitrogens with zero attached hydrogens (tertiary/aromatic N) is 10. The maximum Gasteiger partial charge on any atom is 0.414 e. The van der Waals surface area contributed by atoms with Gasteiger partial charge in [-0.15, -0.1) is 0 Å². The Hall–Kier alpha value is -4.07. The van der Waals surface area contributed by atoms with E-state index in [0.717, 1.165) is 105 Å². The number of aliphatic hydroxyl groups excluding tert-OH is 1. The van der Waals surface area contributed by atoms with Crippen molar-refractivity contribution in [2.75, 3.05) is 60.9 Å². The van der Waals surface area contributed by atoms with Gasteiger partial charge in [0.15, 0.2) is 11.5 Å². The lowest BCUT2D eigenvalue weighted by Gasteiger charge is -2.44. The van der Waals surface area contributed by atoms with Crippen LogP contribution in [-0.4, -0.2) is 133 Å². The van der Waals surface area contributed by atoms with Gasteiger partial charge < -0.3 is 31.4 Å². The van der Waals surface area contributed by atoms with E-state index in [1.165, 1.54) is 19.4 Å². The van der Waals surface area contributed by atoms with Crippen molar-refractivity contribution in [2.45, 2.75) is 148 Å². The Labute approximate surface area is 459 Å². The summed E-state index contributed by atoms with van der Waals surface area (Å²) in [5.41, 5.74) is 10.8. The summed E-state index contributed by atoms with van der Waals surface area (Å²) in [5, 5.41) is 28.2. The number of halogens is 7. The van der Waals surface area contributed by atoms with Crippen LogP contribution in [0.5, 0.6) is 0 Å². The lowest BCUT2D eigenvalue weighted by molar-refractivity contribution is -0.206. The number of aliphatic hydroxyl groups is 1. The summed E-state index contributed by atoms with van der Waals surface area (Å²) in [4.78, 5) is 29.0. The minimum absolute atomic E-state index is 0.0747. The first-order chi connectivity index (χ1) is 35.7. The van der Waals surface area contributed by atoms with Crippen LogP contribution in [-0.2, 0) is 0 Å². The minimum Gasteiger partial charge on any atom is -0.384 e. The zero-order chi connectivity index (χ0) is 53.9. The highest BCUT2D eigenvalue weighted by Crippen LogP contribution is 2.37. The highest BCUT2D eigenvalue weighted by molar-refractivity contribution is 6.35. The van der Waals surface area contributed by atoms with Crippen LogP contribution in [0.4, 0.5) is 30.6 Å². The van der Waals surface area contributed by atoms with Crippen LogP contribution in [0.25, 0.3) is 11.2 Å². The molecule has 4 aliphatic rings. The molecule has 0 radical (unpaired) electrons. The second-order valence-electron chi connectivity index (χ2n) is 21.2. The normalized spacial score (nSPS) is 24.0. The molecule has 0 aliphatic carbocycles. The summed E-state index contributed by atoms with van der Waals surface area (Å²) < 4.78 is 40.4. The number of piperidine rings is 2. The van der Waals surface area contributed by atoms with Crippen molar-refractivity contribution >= 4 is 80.7 Å². The largest absolute Gasteiger partial charge is 0.414 e. The second-order valence-corrected chi connectivity index (χ2v) is 22.9. The fraction of sp³-hybridized carbons (Fsp3) is 0.593. The van der Waals surface area contributed by atoms with E-state index < -0.39 is 12.3 Å². The maximum atomic E-state index is 12.8. The highest BCUT2D eigenvalue weighted by atomic mass is 35.5. The van der Waals surface area contributed by atoms with Gasteiger partial charge in [0, 0.05) is 70.4 Å². The van der Waals surface area contributed by atoms with Crippen LogP contribution in [0.2, 0.25) is 20.1 Å². The molecule has 5 N–H and O–H groups in total. The molecule has 4 fully saturated rings. The molecule has 4 aliphatic heterocycles. The number of hydrogen-bond acceptors (Lipinski definition) is 13. The molecule has 7 heterocycles. The van der Waals surface area contributed by atoms with E-state index >= 15 is 0 Å².